The summed E-state index contributed by atoms with van der Waals surface area (Å²) in [5.74, 6) is 0.161. The van der Waals surface area contributed by atoms with E-state index in [1.165, 1.54) is 0 Å². The summed E-state index contributed by atoms with van der Waals surface area (Å²) in [7, 11) is 0. The lowest BCUT2D eigenvalue weighted by molar-refractivity contribution is 0.0239. The molecule has 1 saturated carbocycles. The van der Waals surface area contributed by atoms with E-state index in [1.54, 1.807) is 36.7 Å². The zero-order valence-corrected chi connectivity index (χ0v) is 13.4. The van der Waals surface area contributed by atoms with Gasteiger partial charge in [0.05, 0.1) is 12.7 Å². The Bertz CT molecular complexity index is 667. The summed E-state index contributed by atoms with van der Waals surface area (Å²) in [6, 6.07) is 10.8. The normalized spacial score (nSPS) is 20.9. The highest BCUT2D eigenvalue weighted by Crippen LogP contribution is 2.31. The third-order valence-electron chi connectivity index (χ3n) is 4.64. The SMILES string of the molecule is O=C(N[C@H](Cc1ccncc1)C1CC(O)C1)c1ccc(CO)cc1. The fourth-order valence-corrected chi connectivity index (χ4v) is 3.08. The Morgan fingerprint density at radius 1 is 1.12 bits per heavy atom. The number of nitrogens with one attached hydrogen (secondary N) is 1. The number of nitrogens with zero attached hydrogens (tertiary/aromatic N) is 1. The van der Waals surface area contributed by atoms with Crippen molar-refractivity contribution in [1.29, 1.82) is 0 Å². The van der Waals surface area contributed by atoms with Gasteiger partial charge in [-0.25, -0.2) is 0 Å². The number of rotatable bonds is 6. The predicted octanol–water partition coefficient (Wildman–Crippen LogP) is 1.69. The van der Waals surface area contributed by atoms with Crippen LogP contribution in [0.25, 0.3) is 0 Å². The van der Waals surface area contributed by atoms with Crippen LogP contribution >= 0.6 is 0 Å². The molecule has 3 rings (SSSR count). The quantitative estimate of drug-likeness (QED) is 0.754. The molecule has 0 unspecified atom stereocenters. The number of carbonyl (C=O) groups excluding carboxylic acids is 1. The maximum atomic E-state index is 12.5. The Balaban J connectivity index is 1.69. The van der Waals surface area contributed by atoms with E-state index in [2.05, 4.69) is 10.3 Å². The van der Waals surface area contributed by atoms with Crippen molar-refractivity contribution in [1.82, 2.24) is 10.3 Å². The summed E-state index contributed by atoms with van der Waals surface area (Å²) in [5.41, 5.74) is 2.47. The topological polar surface area (TPSA) is 82.5 Å². The van der Waals surface area contributed by atoms with Gasteiger partial charge in [-0.15, -0.1) is 0 Å². The number of aromatic nitrogens is 1. The van der Waals surface area contributed by atoms with Gasteiger partial charge in [-0.1, -0.05) is 12.1 Å². The molecule has 24 heavy (non-hydrogen) atoms. The monoisotopic (exact) mass is 326 g/mol. The van der Waals surface area contributed by atoms with E-state index >= 15 is 0 Å². The average Bonchev–Trinajstić information content (AvgIpc) is 2.59. The van der Waals surface area contributed by atoms with E-state index in [-0.39, 0.29) is 30.6 Å². The number of carbonyl (C=O) groups is 1. The first-order valence-electron chi connectivity index (χ1n) is 8.23. The second-order valence-electron chi connectivity index (χ2n) is 6.38. The number of pyridine rings is 1. The maximum absolute atomic E-state index is 12.5. The summed E-state index contributed by atoms with van der Waals surface area (Å²) in [6.45, 7) is -0.0352. The van der Waals surface area contributed by atoms with Crippen molar-refractivity contribution in [2.75, 3.05) is 0 Å². The minimum Gasteiger partial charge on any atom is -0.393 e. The van der Waals surface area contributed by atoms with E-state index in [0.717, 1.165) is 30.4 Å². The zero-order valence-electron chi connectivity index (χ0n) is 13.4. The molecule has 1 amide bonds. The van der Waals surface area contributed by atoms with Crippen LogP contribution in [0.1, 0.15) is 34.3 Å². The Kier molecular flexibility index (Phi) is 5.23. The average molecular weight is 326 g/mol. The van der Waals surface area contributed by atoms with Crippen LogP contribution in [-0.2, 0) is 13.0 Å². The summed E-state index contributed by atoms with van der Waals surface area (Å²) < 4.78 is 0. The van der Waals surface area contributed by atoms with Crippen LogP contribution in [0.5, 0.6) is 0 Å². The lowest BCUT2D eigenvalue weighted by atomic mass is 9.75. The van der Waals surface area contributed by atoms with Gasteiger partial charge in [-0.2, -0.15) is 0 Å². The molecule has 1 aliphatic rings. The number of benzene rings is 1. The molecule has 1 aliphatic carbocycles. The smallest absolute Gasteiger partial charge is 0.251 e. The molecular weight excluding hydrogens is 304 g/mol. The van der Waals surface area contributed by atoms with Gasteiger partial charge in [0.1, 0.15) is 0 Å². The van der Waals surface area contributed by atoms with Crippen molar-refractivity contribution in [3.05, 3.63) is 65.5 Å². The molecule has 0 bridgehead atoms. The molecular formula is C19H22N2O3. The molecule has 0 spiro atoms. The molecule has 1 fully saturated rings. The summed E-state index contributed by atoms with van der Waals surface area (Å²) in [6.07, 6.45) is 5.41. The Labute approximate surface area is 141 Å². The largest absolute Gasteiger partial charge is 0.393 e. The molecule has 0 aliphatic heterocycles. The number of aliphatic hydroxyl groups is 2. The first-order valence-corrected chi connectivity index (χ1v) is 8.23. The van der Waals surface area contributed by atoms with Crippen LogP contribution in [0.4, 0.5) is 0 Å². The molecule has 1 heterocycles. The van der Waals surface area contributed by atoms with Crippen molar-refractivity contribution in [2.24, 2.45) is 5.92 Å². The van der Waals surface area contributed by atoms with E-state index < -0.39 is 0 Å². The molecule has 1 atom stereocenters. The molecule has 2 aromatic rings. The molecule has 3 N–H and O–H groups in total. The standard InChI is InChI=1S/C19H22N2O3/c22-12-14-1-3-15(4-2-14)19(24)21-18(16-10-17(23)11-16)9-13-5-7-20-8-6-13/h1-8,16-18,22-23H,9-12H2,(H,21,24)/t16?,17?,18-/m1/s1. The highest BCUT2D eigenvalue weighted by molar-refractivity contribution is 5.94. The minimum atomic E-state index is -0.254. The number of amides is 1. The summed E-state index contributed by atoms with van der Waals surface area (Å²) in [4.78, 5) is 16.5. The second-order valence-corrected chi connectivity index (χ2v) is 6.38. The van der Waals surface area contributed by atoms with Gasteiger partial charge < -0.3 is 15.5 Å². The molecule has 126 valence electrons. The van der Waals surface area contributed by atoms with Crippen LogP contribution < -0.4 is 5.32 Å². The number of aliphatic hydroxyl groups excluding tert-OH is 2. The molecule has 1 aromatic heterocycles. The van der Waals surface area contributed by atoms with Crippen LogP contribution in [0.15, 0.2) is 48.8 Å². The van der Waals surface area contributed by atoms with Crippen LogP contribution in [-0.4, -0.2) is 33.3 Å². The van der Waals surface area contributed by atoms with Gasteiger partial charge in [-0.3, -0.25) is 9.78 Å². The molecule has 5 heteroatoms. The fourth-order valence-electron chi connectivity index (χ4n) is 3.08. The third-order valence-corrected chi connectivity index (χ3v) is 4.64. The maximum Gasteiger partial charge on any atom is 0.251 e. The Morgan fingerprint density at radius 3 is 2.38 bits per heavy atom. The predicted molar refractivity (Wildman–Crippen MR) is 90.3 cm³/mol. The van der Waals surface area contributed by atoms with Crippen LogP contribution in [0.3, 0.4) is 0 Å². The highest BCUT2D eigenvalue weighted by atomic mass is 16.3. The first-order chi connectivity index (χ1) is 11.7. The van der Waals surface area contributed by atoms with Crippen molar-refractivity contribution >= 4 is 5.91 Å². The van der Waals surface area contributed by atoms with Crippen LogP contribution in [0, 0.1) is 5.92 Å². The van der Waals surface area contributed by atoms with Crippen molar-refractivity contribution < 1.29 is 15.0 Å². The molecule has 5 nitrogen and oxygen atoms in total. The van der Waals surface area contributed by atoms with E-state index in [1.807, 2.05) is 12.1 Å². The van der Waals surface area contributed by atoms with Gasteiger partial charge in [0.2, 0.25) is 0 Å². The summed E-state index contributed by atoms with van der Waals surface area (Å²) >= 11 is 0. The molecule has 0 saturated heterocycles. The van der Waals surface area contributed by atoms with Gasteiger partial charge in [0.25, 0.3) is 5.91 Å². The minimum absolute atomic E-state index is 0.0131. The van der Waals surface area contributed by atoms with E-state index in [9.17, 15) is 9.90 Å². The lowest BCUT2D eigenvalue weighted by Crippen LogP contribution is -2.48. The fraction of sp³-hybridized carbons (Fsp3) is 0.368. The van der Waals surface area contributed by atoms with Crippen molar-refractivity contribution in [3.8, 4) is 0 Å². The van der Waals surface area contributed by atoms with Gasteiger partial charge >= 0.3 is 0 Å². The van der Waals surface area contributed by atoms with Crippen molar-refractivity contribution in [3.63, 3.8) is 0 Å². The molecule has 1 aromatic carbocycles. The Morgan fingerprint density at radius 2 is 1.79 bits per heavy atom. The van der Waals surface area contributed by atoms with E-state index in [0.29, 0.717) is 5.56 Å². The second kappa shape index (κ2) is 7.55. The first kappa shape index (κ1) is 16.6. The van der Waals surface area contributed by atoms with Gasteiger partial charge in [-0.05, 0) is 60.6 Å². The highest BCUT2D eigenvalue weighted by Gasteiger charge is 2.34. The number of hydrogen-bond acceptors (Lipinski definition) is 4. The summed E-state index contributed by atoms with van der Waals surface area (Å²) in [5, 5.41) is 21.8. The Hall–Kier alpha value is -2.24. The van der Waals surface area contributed by atoms with Crippen LogP contribution in [0.2, 0.25) is 0 Å². The zero-order chi connectivity index (χ0) is 16.9. The molecule has 0 radical (unpaired) electrons. The lowest BCUT2D eigenvalue weighted by Gasteiger charge is -2.38. The van der Waals surface area contributed by atoms with Gasteiger partial charge in [0, 0.05) is 24.0 Å². The van der Waals surface area contributed by atoms with Gasteiger partial charge in [0.15, 0.2) is 0 Å². The van der Waals surface area contributed by atoms with Crippen molar-refractivity contribution in [2.45, 2.75) is 38.0 Å². The van der Waals surface area contributed by atoms with E-state index in [4.69, 9.17) is 5.11 Å². The third kappa shape index (κ3) is 3.99. The number of hydrogen-bond donors (Lipinski definition) is 3.